The fraction of sp³-hybridized carbons (Fsp3) is 0.238. The van der Waals surface area contributed by atoms with E-state index in [1.165, 1.54) is 5.39 Å². The fourth-order valence-corrected chi connectivity index (χ4v) is 3.00. The number of halogens is 2. The summed E-state index contributed by atoms with van der Waals surface area (Å²) in [5, 5.41) is 15.8. The van der Waals surface area contributed by atoms with E-state index in [9.17, 15) is 5.11 Å². The number of rotatable bonds is 7. The van der Waals surface area contributed by atoms with Crippen LogP contribution in [0.1, 0.15) is 18.1 Å². The van der Waals surface area contributed by atoms with Crippen LogP contribution in [0.2, 0.25) is 5.02 Å². The highest BCUT2D eigenvalue weighted by Crippen LogP contribution is 2.29. The van der Waals surface area contributed by atoms with E-state index < -0.39 is 0 Å². The van der Waals surface area contributed by atoms with Crippen molar-refractivity contribution in [2.24, 2.45) is 0 Å². The fourth-order valence-electron chi connectivity index (χ4n) is 2.81. The van der Waals surface area contributed by atoms with E-state index in [1.807, 2.05) is 42.5 Å². The number of hydrogen-bond acceptors (Lipinski definition) is 3. The number of ether oxygens (including phenoxy) is 1. The number of benzene rings is 3. The van der Waals surface area contributed by atoms with Gasteiger partial charge >= 0.3 is 0 Å². The molecule has 1 atom stereocenters. The normalized spacial score (nSPS) is 11.8. The molecule has 0 heterocycles. The molecule has 0 radical (unpaired) electrons. The van der Waals surface area contributed by atoms with Crippen molar-refractivity contribution in [2.75, 3.05) is 6.54 Å². The van der Waals surface area contributed by atoms with Gasteiger partial charge < -0.3 is 27.6 Å². The van der Waals surface area contributed by atoms with E-state index in [2.05, 4.69) is 23.5 Å². The van der Waals surface area contributed by atoms with E-state index in [0.29, 0.717) is 24.7 Å². The first-order chi connectivity index (χ1) is 12.1. The summed E-state index contributed by atoms with van der Waals surface area (Å²) in [6, 6.07) is 20.0. The maximum atomic E-state index is 9.49. The monoisotopic (exact) mass is 390 g/mol. The molecule has 5 heteroatoms. The third-order valence-electron chi connectivity index (χ3n) is 4.08. The Hall–Kier alpha value is -1.78. The van der Waals surface area contributed by atoms with Crippen LogP contribution in [0.25, 0.3) is 10.8 Å². The standard InChI is InChI=1S/C21H22ClNO2.ClH/c1-15(24)12-23-13-19-18-8-4-2-6-16(18)10-11-21(19)25-14-17-7-3-5-9-20(17)22;/h2-11,15,23-24H,12-14H2,1H3;1H/p-1. The predicted octanol–water partition coefficient (Wildman–Crippen LogP) is 1.55. The Morgan fingerprint density at radius 2 is 1.77 bits per heavy atom. The quantitative estimate of drug-likeness (QED) is 0.642. The molecule has 2 N–H and O–H groups in total. The minimum absolute atomic E-state index is 0. The molecule has 3 nitrogen and oxygen atoms in total. The van der Waals surface area contributed by atoms with Crippen molar-refractivity contribution in [3.63, 3.8) is 0 Å². The van der Waals surface area contributed by atoms with Gasteiger partial charge in [0, 0.05) is 29.2 Å². The number of nitrogens with one attached hydrogen (secondary N) is 1. The molecular formula is C21H22Cl2NO2-. The molecule has 3 aromatic carbocycles. The van der Waals surface area contributed by atoms with Crippen LogP contribution >= 0.6 is 11.6 Å². The molecule has 3 aromatic rings. The highest BCUT2D eigenvalue weighted by molar-refractivity contribution is 6.31. The van der Waals surface area contributed by atoms with Crippen molar-refractivity contribution < 1.29 is 22.3 Å². The van der Waals surface area contributed by atoms with Crippen molar-refractivity contribution in [2.45, 2.75) is 26.2 Å². The van der Waals surface area contributed by atoms with Crippen LogP contribution in [0, 0.1) is 0 Å². The second-order valence-electron chi connectivity index (χ2n) is 6.12. The highest BCUT2D eigenvalue weighted by atomic mass is 35.5. The molecule has 0 bridgehead atoms. The van der Waals surface area contributed by atoms with Gasteiger partial charge in [-0.2, -0.15) is 0 Å². The topological polar surface area (TPSA) is 41.5 Å². The lowest BCUT2D eigenvalue weighted by molar-refractivity contribution is -0.00000743. The number of aliphatic hydroxyl groups is 1. The molecule has 0 amide bonds. The van der Waals surface area contributed by atoms with Crippen molar-refractivity contribution in [3.8, 4) is 5.75 Å². The third-order valence-corrected chi connectivity index (χ3v) is 4.45. The van der Waals surface area contributed by atoms with Gasteiger partial charge in [-0.15, -0.1) is 0 Å². The summed E-state index contributed by atoms with van der Waals surface area (Å²) in [5.74, 6) is 0.830. The molecule has 0 aliphatic heterocycles. The van der Waals surface area contributed by atoms with Crippen LogP contribution < -0.4 is 22.5 Å². The first-order valence-electron chi connectivity index (χ1n) is 8.41. The smallest absolute Gasteiger partial charge is 0.124 e. The molecule has 3 rings (SSSR count). The van der Waals surface area contributed by atoms with Crippen molar-refractivity contribution in [3.05, 3.63) is 76.8 Å². The molecule has 0 saturated heterocycles. The number of aliphatic hydroxyl groups excluding tert-OH is 1. The van der Waals surface area contributed by atoms with Gasteiger partial charge in [0.15, 0.2) is 0 Å². The lowest BCUT2D eigenvalue weighted by Crippen LogP contribution is -3.00. The molecule has 0 aliphatic rings. The molecule has 1 unspecified atom stereocenters. The van der Waals surface area contributed by atoms with Gasteiger partial charge in [0.1, 0.15) is 12.4 Å². The first-order valence-corrected chi connectivity index (χ1v) is 8.78. The Bertz CT molecular complexity index is 852. The highest BCUT2D eigenvalue weighted by Gasteiger charge is 2.10. The van der Waals surface area contributed by atoms with Crippen LogP contribution in [0.4, 0.5) is 0 Å². The zero-order valence-corrected chi connectivity index (χ0v) is 16.1. The molecule has 138 valence electrons. The van der Waals surface area contributed by atoms with Crippen LogP contribution in [-0.2, 0) is 13.2 Å². The summed E-state index contributed by atoms with van der Waals surface area (Å²) in [6.45, 7) is 3.35. The van der Waals surface area contributed by atoms with Crippen LogP contribution in [0.15, 0.2) is 60.7 Å². The van der Waals surface area contributed by atoms with E-state index >= 15 is 0 Å². The van der Waals surface area contributed by atoms with E-state index in [0.717, 1.165) is 22.3 Å². The van der Waals surface area contributed by atoms with Gasteiger partial charge in [-0.05, 0) is 29.8 Å². The number of hydrogen-bond donors (Lipinski definition) is 2. The van der Waals surface area contributed by atoms with E-state index in [-0.39, 0.29) is 18.5 Å². The molecule has 0 fully saturated rings. The van der Waals surface area contributed by atoms with Crippen LogP contribution in [0.3, 0.4) is 0 Å². The Morgan fingerprint density at radius 1 is 1.04 bits per heavy atom. The third kappa shape index (κ3) is 5.12. The Balaban J connectivity index is 0.00000243. The summed E-state index contributed by atoms with van der Waals surface area (Å²) >= 11 is 6.22. The summed E-state index contributed by atoms with van der Waals surface area (Å²) in [7, 11) is 0. The lowest BCUT2D eigenvalue weighted by atomic mass is 10.0. The maximum Gasteiger partial charge on any atom is 0.124 e. The van der Waals surface area contributed by atoms with Gasteiger partial charge in [-0.3, -0.25) is 0 Å². The Labute approximate surface area is 165 Å². The SMILES string of the molecule is CC(O)CNCc1c(OCc2ccccc2Cl)ccc2ccccc12.[Cl-]. The molecular weight excluding hydrogens is 369 g/mol. The van der Waals surface area contributed by atoms with Gasteiger partial charge in [0.2, 0.25) is 0 Å². The van der Waals surface area contributed by atoms with E-state index in [1.54, 1.807) is 6.92 Å². The summed E-state index contributed by atoms with van der Waals surface area (Å²) in [5.41, 5.74) is 2.05. The second-order valence-corrected chi connectivity index (χ2v) is 6.53. The van der Waals surface area contributed by atoms with Crippen LogP contribution in [-0.4, -0.2) is 17.8 Å². The van der Waals surface area contributed by atoms with Gasteiger partial charge in [-0.25, -0.2) is 0 Å². The second kappa shape index (κ2) is 9.79. The summed E-state index contributed by atoms with van der Waals surface area (Å²) in [6.07, 6.45) is -0.387. The van der Waals surface area contributed by atoms with E-state index in [4.69, 9.17) is 16.3 Å². The Morgan fingerprint density at radius 3 is 2.54 bits per heavy atom. The molecule has 26 heavy (non-hydrogen) atoms. The summed E-state index contributed by atoms with van der Waals surface area (Å²) < 4.78 is 6.08. The van der Waals surface area contributed by atoms with Crippen molar-refractivity contribution in [1.82, 2.24) is 5.32 Å². The molecule has 0 spiro atoms. The number of fused-ring (bicyclic) bond motifs is 1. The molecule has 0 aliphatic carbocycles. The summed E-state index contributed by atoms with van der Waals surface area (Å²) in [4.78, 5) is 0. The van der Waals surface area contributed by atoms with Gasteiger partial charge in [-0.1, -0.05) is 60.1 Å². The largest absolute Gasteiger partial charge is 1.00 e. The maximum absolute atomic E-state index is 9.49. The van der Waals surface area contributed by atoms with Gasteiger partial charge in [0.05, 0.1) is 6.10 Å². The zero-order chi connectivity index (χ0) is 17.6. The van der Waals surface area contributed by atoms with Crippen LogP contribution in [0.5, 0.6) is 5.75 Å². The first kappa shape index (κ1) is 20.5. The minimum Gasteiger partial charge on any atom is -1.00 e. The predicted molar refractivity (Wildman–Crippen MR) is 103 cm³/mol. The molecule has 0 saturated carbocycles. The lowest BCUT2D eigenvalue weighted by Gasteiger charge is -2.16. The Kier molecular flexibility index (Phi) is 7.73. The average molecular weight is 391 g/mol. The zero-order valence-electron chi connectivity index (χ0n) is 14.6. The van der Waals surface area contributed by atoms with Crippen molar-refractivity contribution in [1.29, 1.82) is 0 Å². The average Bonchev–Trinajstić information content (AvgIpc) is 2.61. The van der Waals surface area contributed by atoms with Crippen molar-refractivity contribution >= 4 is 22.4 Å². The minimum atomic E-state index is -0.387. The molecule has 0 aromatic heterocycles. The van der Waals surface area contributed by atoms with Gasteiger partial charge in [0.25, 0.3) is 0 Å².